The second-order valence-corrected chi connectivity index (χ2v) is 1.22. The standard InChI is InChI=1S/3C2H4O2.K.Sb/c3*3-1-2-4;;/h3*1-2H2;;/q3*-2;+1;+5. The first kappa shape index (κ1) is 29.8. The number of hydrogen-bond donors (Lipinski definition) is 0. The second kappa shape index (κ2) is 45.6. The predicted octanol–water partition coefficient (Wildman–Crippen LogP) is -10.3. The van der Waals surface area contributed by atoms with Crippen LogP contribution in [0, 0.1) is 0 Å². The maximum Gasteiger partial charge on any atom is 5.00 e. The third-order valence-corrected chi connectivity index (χ3v) is 0.250. The van der Waals surface area contributed by atoms with Crippen LogP contribution >= 0.6 is 0 Å². The third kappa shape index (κ3) is 91.3. The molecule has 6 nitrogen and oxygen atoms in total. The monoisotopic (exact) mass is 340 g/mol. The van der Waals surface area contributed by atoms with Gasteiger partial charge in [0.2, 0.25) is 0 Å². The van der Waals surface area contributed by atoms with Crippen LogP contribution in [0.5, 0.6) is 0 Å². The van der Waals surface area contributed by atoms with E-state index in [1.54, 1.807) is 0 Å². The topological polar surface area (TPSA) is 138 Å². The van der Waals surface area contributed by atoms with Gasteiger partial charge in [-0.2, -0.15) is 39.6 Å². The zero-order valence-corrected chi connectivity index (χ0v) is 13.8. The molecule has 78 valence electrons. The fourth-order valence-electron chi connectivity index (χ4n) is 0. The normalized spacial score (nSPS) is 6.43. The van der Waals surface area contributed by atoms with Crippen molar-refractivity contribution in [2.45, 2.75) is 0 Å². The van der Waals surface area contributed by atoms with Crippen molar-refractivity contribution in [3.05, 3.63) is 0 Å². The molecule has 0 amide bonds. The molecule has 0 fully saturated rings. The number of rotatable bonds is 3. The van der Waals surface area contributed by atoms with E-state index in [1.807, 2.05) is 0 Å². The minimum atomic E-state index is -0.486. The Hall–Kier alpha value is 2.21. The smallest absolute Gasteiger partial charge is 0.855 e. The van der Waals surface area contributed by atoms with Crippen molar-refractivity contribution >= 4 is 24.4 Å². The van der Waals surface area contributed by atoms with Crippen LogP contribution in [-0.2, 0) is 0 Å². The zero-order valence-electron chi connectivity index (χ0n) is 8.14. The van der Waals surface area contributed by atoms with Crippen LogP contribution in [0.2, 0.25) is 0 Å². The van der Waals surface area contributed by atoms with Crippen LogP contribution in [-0.4, -0.2) is 64.1 Å². The molecule has 0 heterocycles. The second-order valence-electron chi connectivity index (χ2n) is 1.22. The maximum absolute atomic E-state index is 8.99. The Bertz CT molecular complexity index is 37.8. The summed E-state index contributed by atoms with van der Waals surface area (Å²) < 4.78 is 0. The van der Waals surface area contributed by atoms with Crippen molar-refractivity contribution in [3.8, 4) is 0 Å². The van der Waals surface area contributed by atoms with Crippen molar-refractivity contribution in [1.29, 1.82) is 0 Å². The molecule has 0 aromatic heterocycles. The van der Waals surface area contributed by atoms with Gasteiger partial charge in [0, 0.05) is 0 Å². The summed E-state index contributed by atoms with van der Waals surface area (Å²) in [6.45, 7) is -2.92. The summed E-state index contributed by atoms with van der Waals surface area (Å²) in [7, 11) is 0. The van der Waals surface area contributed by atoms with Crippen LogP contribution < -0.4 is 82.0 Å². The third-order valence-electron chi connectivity index (χ3n) is 0.250. The van der Waals surface area contributed by atoms with Crippen molar-refractivity contribution in [2.75, 3.05) is 39.6 Å². The van der Waals surface area contributed by atoms with Gasteiger partial charge in [0.15, 0.2) is 0 Å². The van der Waals surface area contributed by atoms with Gasteiger partial charge in [-0.25, -0.2) is 0 Å². The van der Waals surface area contributed by atoms with Gasteiger partial charge < -0.3 is 30.6 Å². The van der Waals surface area contributed by atoms with E-state index in [0.717, 1.165) is 0 Å². The van der Waals surface area contributed by atoms with Gasteiger partial charge in [-0.05, 0) is 0 Å². The largest absolute Gasteiger partial charge is 5.00 e. The van der Waals surface area contributed by atoms with E-state index in [0.29, 0.717) is 0 Å². The van der Waals surface area contributed by atoms with E-state index in [9.17, 15) is 0 Å². The van der Waals surface area contributed by atoms with Crippen molar-refractivity contribution in [1.82, 2.24) is 0 Å². The SMILES string of the molecule is [K+].[O-]CC[O-].[O-]CC[O-].[O-]CC[O-].[Sb+5]. The van der Waals surface area contributed by atoms with E-state index >= 15 is 0 Å². The minimum absolute atomic E-state index is 0. The Morgan fingerprint density at radius 1 is 0.429 bits per heavy atom. The Balaban J connectivity index is -0.0000000270. The van der Waals surface area contributed by atoms with Gasteiger partial charge in [0.1, 0.15) is 0 Å². The van der Waals surface area contributed by atoms with E-state index in [4.69, 9.17) is 30.6 Å². The average Bonchev–Trinajstić information content (AvgIpc) is 2.18. The molecule has 0 spiro atoms. The first-order valence-corrected chi connectivity index (χ1v) is 3.23. The molecule has 0 aliphatic carbocycles. The van der Waals surface area contributed by atoms with Gasteiger partial charge >= 0.3 is 75.8 Å². The van der Waals surface area contributed by atoms with Gasteiger partial charge in [0.05, 0.1) is 0 Å². The molecule has 0 atom stereocenters. The molecule has 0 saturated carbocycles. The summed E-state index contributed by atoms with van der Waals surface area (Å²) in [5, 5.41) is 53.9. The molecule has 0 radical (unpaired) electrons. The molecule has 0 unspecified atom stereocenters. The van der Waals surface area contributed by atoms with E-state index in [2.05, 4.69) is 0 Å². The van der Waals surface area contributed by atoms with E-state index in [1.165, 1.54) is 0 Å². The predicted molar refractivity (Wildman–Crippen MR) is 35.0 cm³/mol. The van der Waals surface area contributed by atoms with Gasteiger partial charge in [-0.3, -0.25) is 0 Å². The molecule has 0 rings (SSSR count). The van der Waals surface area contributed by atoms with E-state index in [-0.39, 0.29) is 75.8 Å². The summed E-state index contributed by atoms with van der Waals surface area (Å²) in [4.78, 5) is 0. The molecule has 0 aliphatic heterocycles. The Morgan fingerprint density at radius 3 is 0.500 bits per heavy atom. The van der Waals surface area contributed by atoms with Crippen LogP contribution in [0.15, 0.2) is 0 Å². The summed E-state index contributed by atoms with van der Waals surface area (Å²) >= 11 is 0. The molecule has 0 aliphatic rings. The molecule has 0 bridgehead atoms. The van der Waals surface area contributed by atoms with Crippen molar-refractivity contribution in [2.24, 2.45) is 0 Å². The number of hydrogen-bond acceptors (Lipinski definition) is 6. The van der Waals surface area contributed by atoms with E-state index < -0.39 is 39.6 Å². The fraction of sp³-hybridized carbons (Fsp3) is 1.00. The zero-order chi connectivity index (χ0) is 10.2. The van der Waals surface area contributed by atoms with Crippen molar-refractivity contribution in [3.63, 3.8) is 0 Å². The van der Waals surface area contributed by atoms with Gasteiger partial charge in [0.25, 0.3) is 0 Å². The molecule has 0 saturated heterocycles. The Kier molecular flexibility index (Phi) is 97.1. The molecule has 8 heteroatoms. The van der Waals surface area contributed by atoms with Crippen LogP contribution in [0.4, 0.5) is 0 Å². The quantitative estimate of drug-likeness (QED) is 0.467. The average molecular weight is 341 g/mol. The molecule has 0 aromatic carbocycles. The van der Waals surface area contributed by atoms with Gasteiger partial charge in [-0.15, -0.1) is 0 Å². The molecular weight excluding hydrogens is 329 g/mol. The van der Waals surface area contributed by atoms with Crippen LogP contribution in [0.3, 0.4) is 0 Å². The molecule has 0 N–H and O–H groups in total. The fourth-order valence-corrected chi connectivity index (χ4v) is 0. The summed E-state index contributed by atoms with van der Waals surface area (Å²) in [6, 6.07) is 0. The van der Waals surface area contributed by atoms with Gasteiger partial charge in [-0.1, -0.05) is 0 Å². The van der Waals surface area contributed by atoms with Crippen molar-refractivity contribution < 1.29 is 82.0 Å². The van der Waals surface area contributed by atoms with Crippen LogP contribution in [0.25, 0.3) is 0 Å². The molecule has 0 aromatic rings. The Labute approximate surface area is 144 Å². The molecular formula is C6H12KO6Sb. The summed E-state index contributed by atoms with van der Waals surface area (Å²) in [5.41, 5.74) is 0. The summed E-state index contributed by atoms with van der Waals surface area (Å²) in [6.07, 6.45) is 0. The maximum atomic E-state index is 8.99. The van der Waals surface area contributed by atoms with Crippen LogP contribution in [0.1, 0.15) is 0 Å². The Morgan fingerprint density at radius 2 is 0.500 bits per heavy atom. The summed E-state index contributed by atoms with van der Waals surface area (Å²) in [5.74, 6) is 0. The molecule has 14 heavy (non-hydrogen) atoms. The minimum Gasteiger partial charge on any atom is -0.855 e. The first-order chi connectivity index (χ1) is 5.74. The first-order valence-electron chi connectivity index (χ1n) is 3.23.